The third kappa shape index (κ3) is 2.60. The molecule has 2 aromatic rings. The van der Waals surface area contributed by atoms with Gasteiger partial charge < -0.3 is 16.2 Å². The summed E-state index contributed by atoms with van der Waals surface area (Å²) in [4.78, 5) is 16.1. The van der Waals surface area contributed by atoms with Gasteiger partial charge in [-0.1, -0.05) is 0 Å². The molecule has 0 atom stereocenters. The highest BCUT2D eigenvalue weighted by Gasteiger charge is 2.07. The van der Waals surface area contributed by atoms with Crippen molar-refractivity contribution in [2.75, 3.05) is 11.1 Å². The topological polar surface area (TPSA) is 88.2 Å². The molecule has 0 aliphatic heterocycles. The van der Waals surface area contributed by atoms with Gasteiger partial charge >= 0.3 is 5.97 Å². The number of nitrogens with one attached hydrogen (secondary N) is 1. The first-order valence-corrected chi connectivity index (χ1v) is 6.21. The number of rotatable bonds is 4. The minimum atomic E-state index is -0.966. The molecule has 0 saturated heterocycles. The first-order chi connectivity index (χ1) is 8.58. The molecule has 4 N–H and O–H groups in total. The molecule has 1 aromatic carbocycles. The second kappa shape index (κ2) is 5.05. The maximum atomic E-state index is 10.9. The van der Waals surface area contributed by atoms with Crippen molar-refractivity contribution in [2.45, 2.75) is 13.5 Å². The molecule has 5 nitrogen and oxygen atoms in total. The highest BCUT2D eigenvalue weighted by molar-refractivity contribution is 7.09. The van der Waals surface area contributed by atoms with Crippen LogP contribution in [0.2, 0.25) is 0 Å². The normalized spacial score (nSPS) is 10.3. The minimum Gasteiger partial charge on any atom is -0.478 e. The van der Waals surface area contributed by atoms with Crippen molar-refractivity contribution in [3.63, 3.8) is 0 Å². The van der Waals surface area contributed by atoms with E-state index in [0.29, 0.717) is 17.9 Å². The summed E-state index contributed by atoms with van der Waals surface area (Å²) in [6.45, 7) is 2.52. The molecule has 0 amide bonds. The third-order valence-corrected chi connectivity index (χ3v) is 3.52. The lowest BCUT2D eigenvalue weighted by Crippen LogP contribution is -2.05. The molecule has 0 spiro atoms. The second-order valence-corrected chi connectivity index (χ2v) is 4.76. The van der Waals surface area contributed by atoms with Crippen molar-refractivity contribution < 1.29 is 9.90 Å². The molecule has 0 aliphatic rings. The van der Waals surface area contributed by atoms with E-state index in [1.807, 2.05) is 6.92 Å². The number of nitrogens with two attached hydrogens (primary N) is 1. The number of carboxylic acid groups (broad SMARTS) is 1. The highest BCUT2D eigenvalue weighted by Crippen LogP contribution is 2.22. The zero-order valence-corrected chi connectivity index (χ0v) is 10.6. The number of aromatic carboxylic acids is 1. The fourth-order valence-electron chi connectivity index (χ4n) is 1.51. The van der Waals surface area contributed by atoms with Crippen molar-refractivity contribution in [1.29, 1.82) is 0 Å². The van der Waals surface area contributed by atoms with Crippen LogP contribution in [0.5, 0.6) is 0 Å². The molecule has 1 aromatic heterocycles. The number of nitrogen functional groups attached to an aromatic ring is 1. The first kappa shape index (κ1) is 12.4. The maximum Gasteiger partial charge on any atom is 0.335 e. The van der Waals surface area contributed by atoms with Crippen LogP contribution in [0.4, 0.5) is 11.4 Å². The number of carbonyl (C=O) groups is 1. The molecule has 0 aliphatic carbocycles. The van der Waals surface area contributed by atoms with E-state index >= 15 is 0 Å². The standard InChI is InChI=1S/C12H13N3O2S/c1-7-11(18-6-15-7)5-14-10-4-8(12(16)17)2-3-9(10)13/h2-4,6,14H,5,13H2,1H3,(H,16,17). The fourth-order valence-corrected chi connectivity index (χ4v) is 2.23. The van der Waals surface area contributed by atoms with Crippen molar-refractivity contribution >= 4 is 28.7 Å². The number of hydrogen-bond donors (Lipinski definition) is 3. The van der Waals surface area contributed by atoms with Crippen LogP contribution in [0.25, 0.3) is 0 Å². The molecule has 94 valence electrons. The van der Waals surface area contributed by atoms with E-state index in [-0.39, 0.29) is 5.56 Å². The van der Waals surface area contributed by atoms with Crippen LogP contribution in [0.3, 0.4) is 0 Å². The van der Waals surface area contributed by atoms with E-state index in [0.717, 1.165) is 10.6 Å². The minimum absolute atomic E-state index is 0.215. The van der Waals surface area contributed by atoms with Gasteiger partial charge in [-0.2, -0.15) is 0 Å². The summed E-state index contributed by atoms with van der Waals surface area (Å²) >= 11 is 1.55. The molecule has 0 saturated carbocycles. The van der Waals surface area contributed by atoms with Crippen LogP contribution >= 0.6 is 11.3 Å². The predicted molar refractivity (Wildman–Crippen MR) is 72.0 cm³/mol. The third-order valence-electron chi connectivity index (χ3n) is 2.58. The summed E-state index contributed by atoms with van der Waals surface area (Å²) in [6.07, 6.45) is 0. The van der Waals surface area contributed by atoms with E-state index in [1.54, 1.807) is 22.9 Å². The average Bonchev–Trinajstić information content (AvgIpc) is 2.73. The van der Waals surface area contributed by atoms with E-state index < -0.39 is 5.97 Å². The zero-order valence-electron chi connectivity index (χ0n) is 9.80. The number of thiazole rings is 1. The zero-order chi connectivity index (χ0) is 13.1. The lowest BCUT2D eigenvalue weighted by molar-refractivity contribution is 0.0697. The molecule has 0 radical (unpaired) electrons. The number of anilines is 2. The lowest BCUT2D eigenvalue weighted by Gasteiger charge is -2.09. The van der Waals surface area contributed by atoms with Crippen molar-refractivity contribution in [3.8, 4) is 0 Å². The van der Waals surface area contributed by atoms with Crippen LogP contribution in [-0.2, 0) is 6.54 Å². The summed E-state index contributed by atoms with van der Waals surface area (Å²) in [5.74, 6) is -0.966. The summed E-state index contributed by atoms with van der Waals surface area (Å²) in [7, 11) is 0. The molecule has 0 fully saturated rings. The Hall–Kier alpha value is -2.08. The van der Waals surface area contributed by atoms with Gasteiger partial charge in [-0.3, -0.25) is 0 Å². The lowest BCUT2D eigenvalue weighted by atomic mass is 10.1. The Morgan fingerprint density at radius 2 is 2.33 bits per heavy atom. The molecule has 18 heavy (non-hydrogen) atoms. The molecule has 2 rings (SSSR count). The second-order valence-electron chi connectivity index (χ2n) is 3.82. The fraction of sp³-hybridized carbons (Fsp3) is 0.167. The van der Waals surface area contributed by atoms with Crippen molar-refractivity contribution in [2.24, 2.45) is 0 Å². The number of carboxylic acids is 1. The van der Waals surface area contributed by atoms with Crippen LogP contribution in [-0.4, -0.2) is 16.1 Å². The summed E-state index contributed by atoms with van der Waals surface area (Å²) in [6, 6.07) is 4.61. The quantitative estimate of drug-likeness (QED) is 0.737. The van der Waals surface area contributed by atoms with Gasteiger partial charge in [0.15, 0.2) is 0 Å². The molecule has 6 heteroatoms. The summed E-state index contributed by atoms with van der Waals surface area (Å²) in [5.41, 5.74) is 9.93. The Morgan fingerprint density at radius 1 is 1.56 bits per heavy atom. The summed E-state index contributed by atoms with van der Waals surface area (Å²) < 4.78 is 0. The van der Waals surface area contributed by atoms with Crippen molar-refractivity contribution in [3.05, 3.63) is 39.8 Å². The SMILES string of the molecule is Cc1ncsc1CNc1cc(C(=O)O)ccc1N. The average molecular weight is 263 g/mol. The Labute approximate surface area is 108 Å². The largest absolute Gasteiger partial charge is 0.478 e. The Bertz CT molecular complexity index is 580. The Kier molecular flexibility index (Phi) is 3.47. The van der Waals surface area contributed by atoms with Crippen LogP contribution in [0, 0.1) is 6.92 Å². The Morgan fingerprint density at radius 3 is 2.94 bits per heavy atom. The van der Waals surface area contributed by atoms with Crippen LogP contribution in [0.1, 0.15) is 20.9 Å². The number of aryl methyl sites for hydroxylation is 1. The molecular formula is C12H13N3O2S. The monoisotopic (exact) mass is 263 g/mol. The van der Waals surface area contributed by atoms with Gasteiger partial charge in [0.05, 0.1) is 34.7 Å². The number of benzene rings is 1. The van der Waals surface area contributed by atoms with Crippen molar-refractivity contribution in [1.82, 2.24) is 4.98 Å². The van der Waals surface area contributed by atoms with E-state index in [9.17, 15) is 4.79 Å². The highest BCUT2D eigenvalue weighted by atomic mass is 32.1. The maximum absolute atomic E-state index is 10.9. The van der Waals surface area contributed by atoms with Gasteiger partial charge in [0, 0.05) is 4.88 Å². The molecular weight excluding hydrogens is 250 g/mol. The molecule has 1 heterocycles. The van der Waals surface area contributed by atoms with E-state index in [1.165, 1.54) is 12.1 Å². The smallest absolute Gasteiger partial charge is 0.335 e. The van der Waals surface area contributed by atoms with Crippen LogP contribution in [0.15, 0.2) is 23.7 Å². The van der Waals surface area contributed by atoms with Crippen LogP contribution < -0.4 is 11.1 Å². The number of hydrogen-bond acceptors (Lipinski definition) is 5. The molecule has 0 bridgehead atoms. The molecule has 0 unspecified atom stereocenters. The Balaban J connectivity index is 2.16. The van der Waals surface area contributed by atoms with Gasteiger partial charge in [-0.25, -0.2) is 9.78 Å². The van der Waals surface area contributed by atoms with Gasteiger partial charge in [0.1, 0.15) is 0 Å². The van der Waals surface area contributed by atoms with Gasteiger partial charge in [-0.05, 0) is 25.1 Å². The summed E-state index contributed by atoms with van der Waals surface area (Å²) in [5, 5.41) is 12.1. The van der Waals surface area contributed by atoms with E-state index in [2.05, 4.69) is 10.3 Å². The number of nitrogens with zero attached hydrogens (tertiary/aromatic N) is 1. The predicted octanol–water partition coefficient (Wildman–Crippen LogP) is 2.34. The number of aromatic nitrogens is 1. The van der Waals surface area contributed by atoms with E-state index in [4.69, 9.17) is 10.8 Å². The first-order valence-electron chi connectivity index (χ1n) is 5.33. The van der Waals surface area contributed by atoms with Gasteiger partial charge in [-0.15, -0.1) is 11.3 Å². The van der Waals surface area contributed by atoms with Gasteiger partial charge in [0.2, 0.25) is 0 Å². The van der Waals surface area contributed by atoms with Gasteiger partial charge in [0.25, 0.3) is 0 Å².